The van der Waals surface area contributed by atoms with Crippen LogP contribution in [0.1, 0.15) is 32.1 Å². The first-order chi connectivity index (χ1) is 9.08. The van der Waals surface area contributed by atoms with E-state index >= 15 is 0 Å². The van der Waals surface area contributed by atoms with Crippen molar-refractivity contribution in [3.8, 4) is 0 Å². The van der Waals surface area contributed by atoms with E-state index in [0.29, 0.717) is 19.0 Å². The Bertz CT molecular complexity index is 338. The average Bonchev–Trinajstić information content (AvgIpc) is 3.00. The highest BCUT2D eigenvalue weighted by atomic mass is 16.2. The van der Waals surface area contributed by atoms with Gasteiger partial charge < -0.3 is 15.1 Å². The second-order valence-electron chi connectivity index (χ2n) is 5.98. The summed E-state index contributed by atoms with van der Waals surface area (Å²) in [6.07, 6.45) is 5.04. The molecule has 2 fully saturated rings. The molecule has 2 rings (SSSR count). The molecule has 2 amide bonds. The van der Waals surface area contributed by atoms with Gasteiger partial charge in [-0.05, 0) is 26.9 Å². The van der Waals surface area contributed by atoms with E-state index in [2.05, 4.69) is 10.2 Å². The van der Waals surface area contributed by atoms with Crippen LogP contribution in [0.25, 0.3) is 0 Å². The molecule has 1 N–H and O–H groups in total. The van der Waals surface area contributed by atoms with Crippen LogP contribution < -0.4 is 5.32 Å². The zero-order valence-electron chi connectivity index (χ0n) is 12.0. The van der Waals surface area contributed by atoms with Crippen molar-refractivity contribution in [2.24, 2.45) is 5.92 Å². The molecule has 108 valence electrons. The minimum Gasteiger partial charge on any atom is -0.355 e. The van der Waals surface area contributed by atoms with E-state index in [0.717, 1.165) is 25.9 Å². The van der Waals surface area contributed by atoms with Crippen molar-refractivity contribution in [2.75, 3.05) is 33.7 Å². The zero-order valence-corrected chi connectivity index (χ0v) is 12.0. The van der Waals surface area contributed by atoms with Gasteiger partial charge in [-0.1, -0.05) is 12.8 Å². The Morgan fingerprint density at radius 1 is 1.26 bits per heavy atom. The largest absolute Gasteiger partial charge is 0.355 e. The van der Waals surface area contributed by atoms with Gasteiger partial charge in [-0.3, -0.25) is 9.59 Å². The van der Waals surface area contributed by atoms with Gasteiger partial charge in [0.05, 0.1) is 5.92 Å². The third-order valence-electron chi connectivity index (χ3n) is 4.16. The van der Waals surface area contributed by atoms with Crippen molar-refractivity contribution >= 4 is 11.8 Å². The van der Waals surface area contributed by atoms with Crippen LogP contribution in [-0.4, -0.2) is 61.4 Å². The third kappa shape index (κ3) is 3.69. The smallest absolute Gasteiger partial charge is 0.228 e. The standard InChI is InChI=1S/C14H25N3O2/c1-16(2)7-8-17(12-5-3-4-6-12)14(19)11-9-13(18)15-10-11/h11-12H,3-10H2,1-2H3,(H,15,18). The number of carbonyl (C=O) groups excluding carboxylic acids is 2. The van der Waals surface area contributed by atoms with Gasteiger partial charge in [0.25, 0.3) is 0 Å². The number of hydrogen-bond donors (Lipinski definition) is 1. The summed E-state index contributed by atoms with van der Waals surface area (Å²) in [6.45, 7) is 2.18. The summed E-state index contributed by atoms with van der Waals surface area (Å²) in [5.41, 5.74) is 0. The first-order valence-corrected chi connectivity index (χ1v) is 7.30. The van der Waals surface area contributed by atoms with Crippen molar-refractivity contribution in [2.45, 2.75) is 38.1 Å². The maximum Gasteiger partial charge on any atom is 0.228 e. The summed E-state index contributed by atoms with van der Waals surface area (Å²) in [6, 6.07) is 0.392. The maximum absolute atomic E-state index is 12.6. The first kappa shape index (κ1) is 14.3. The van der Waals surface area contributed by atoms with Crippen LogP contribution in [0, 0.1) is 5.92 Å². The minimum atomic E-state index is -0.143. The lowest BCUT2D eigenvalue weighted by atomic mass is 10.0. The molecule has 0 radical (unpaired) electrons. The summed E-state index contributed by atoms with van der Waals surface area (Å²) in [4.78, 5) is 28.0. The molecule has 5 nitrogen and oxygen atoms in total. The molecule has 1 saturated carbocycles. The van der Waals surface area contributed by atoms with Gasteiger partial charge in [0.15, 0.2) is 0 Å². The molecule has 1 unspecified atom stereocenters. The Kier molecular flexibility index (Phi) is 4.80. The lowest BCUT2D eigenvalue weighted by Crippen LogP contribution is -2.46. The van der Waals surface area contributed by atoms with Gasteiger partial charge in [0.2, 0.25) is 11.8 Å². The van der Waals surface area contributed by atoms with Gasteiger partial charge in [0, 0.05) is 32.1 Å². The van der Waals surface area contributed by atoms with E-state index < -0.39 is 0 Å². The Morgan fingerprint density at radius 2 is 1.95 bits per heavy atom. The molecule has 1 aliphatic carbocycles. The second kappa shape index (κ2) is 6.37. The molecule has 19 heavy (non-hydrogen) atoms. The highest BCUT2D eigenvalue weighted by molar-refractivity contribution is 5.89. The third-order valence-corrected chi connectivity index (χ3v) is 4.16. The Balaban J connectivity index is 1.98. The quantitative estimate of drug-likeness (QED) is 0.787. The van der Waals surface area contributed by atoms with E-state index in [1.165, 1.54) is 12.8 Å². The number of hydrogen-bond acceptors (Lipinski definition) is 3. The number of nitrogens with zero attached hydrogens (tertiary/aromatic N) is 2. The molecule has 2 aliphatic rings. The molecule has 0 aromatic heterocycles. The van der Waals surface area contributed by atoms with Crippen molar-refractivity contribution in [1.29, 1.82) is 0 Å². The molecule has 0 spiro atoms. The number of carbonyl (C=O) groups is 2. The molecule has 1 aliphatic heterocycles. The highest BCUT2D eigenvalue weighted by Gasteiger charge is 2.35. The number of nitrogens with one attached hydrogen (secondary N) is 1. The Morgan fingerprint density at radius 3 is 2.47 bits per heavy atom. The maximum atomic E-state index is 12.6. The van der Waals surface area contributed by atoms with Gasteiger partial charge in [0.1, 0.15) is 0 Å². The summed E-state index contributed by atoms with van der Waals surface area (Å²) in [5.74, 6) is 0.0414. The fourth-order valence-electron chi connectivity index (χ4n) is 3.01. The predicted octanol–water partition coefficient (Wildman–Crippen LogP) is 0.455. The monoisotopic (exact) mass is 267 g/mol. The number of rotatable bonds is 5. The van der Waals surface area contributed by atoms with Crippen LogP contribution >= 0.6 is 0 Å². The lowest BCUT2D eigenvalue weighted by Gasteiger charge is -2.32. The van der Waals surface area contributed by atoms with Crippen LogP contribution in [0.5, 0.6) is 0 Å². The molecular weight excluding hydrogens is 242 g/mol. The fraction of sp³-hybridized carbons (Fsp3) is 0.857. The summed E-state index contributed by atoms with van der Waals surface area (Å²) in [5, 5.41) is 2.76. The van der Waals surface area contributed by atoms with Crippen LogP contribution in [-0.2, 0) is 9.59 Å². The summed E-state index contributed by atoms with van der Waals surface area (Å²) < 4.78 is 0. The average molecular weight is 267 g/mol. The van der Waals surface area contributed by atoms with E-state index in [1.807, 2.05) is 19.0 Å². The van der Waals surface area contributed by atoms with Crippen LogP contribution in [0.2, 0.25) is 0 Å². The van der Waals surface area contributed by atoms with Crippen LogP contribution in [0.3, 0.4) is 0 Å². The Hall–Kier alpha value is -1.10. The molecule has 1 heterocycles. The predicted molar refractivity (Wildman–Crippen MR) is 73.6 cm³/mol. The summed E-state index contributed by atoms with van der Waals surface area (Å²) in [7, 11) is 4.05. The fourth-order valence-corrected chi connectivity index (χ4v) is 3.01. The molecule has 0 aromatic carbocycles. The van der Waals surface area contributed by atoms with Gasteiger partial charge in [-0.25, -0.2) is 0 Å². The van der Waals surface area contributed by atoms with Gasteiger partial charge in [-0.2, -0.15) is 0 Å². The van der Waals surface area contributed by atoms with Crippen molar-refractivity contribution in [3.05, 3.63) is 0 Å². The molecule has 5 heteroatoms. The first-order valence-electron chi connectivity index (χ1n) is 7.30. The minimum absolute atomic E-state index is 0.0114. The van der Waals surface area contributed by atoms with Crippen molar-refractivity contribution < 1.29 is 9.59 Å². The zero-order chi connectivity index (χ0) is 13.8. The van der Waals surface area contributed by atoms with Crippen molar-refractivity contribution in [1.82, 2.24) is 15.1 Å². The van der Waals surface area contributed by atoms with Gasteiger partial charge in [-0.15, -0.1) is 0 Å². The molecule has 1 atom stereocenters. The van der Waals surface area contributed by atoms with E-state index in [4.69, 9.17) is 0 Å². The number of likely N-dealkylation sites (N-methyl/N-ethyl adjacent to an activating group) is 1. The number of amides is 2. The molecular formula is C14H25N3O2. The highest BCUT2D eigenvalue weighted by Crippen LogP contribution is 2.26. The van der Waals surface area contributed by atoms with Gasteiger partial charge >= 0.3 is 0 Å². The Labute approximate surface area is 115 Å². The SMILES string of the molecule is CN(C)CCN(C(=O)C1CNC(=O)C1)C1CCCC1. The summed E-state index contributed by atoms with van der Waals surface area (Å²) >= 11 is 0. The van der Waals surface area contributed by atoms with Crippen molar-refractivity contribution in [3.63, 3.8) is 0 Å². The second-order valence-corrected chi connectivity index (χ2v) is 5.98. The normalized spacial score (nSPS) is 23.9. The molecule has 0 bridgehead atoms. The van der Waals surface area contributed by atoms with Crippen LogP contribution in [0.4, 0.5) is 0 Å². The van der Waals surface area contributed by atoms with Crippen LogP contribution in [0.15, 0.2) is 0 Å². The molecule has 0 aromatic rings. The lowest BCUT2D eigenvalue weighted by molar-refractivity contribution is -0.138. The van der Waals surface area contributed by atoms with E-state index in [9.17, 15) is 9.59 Å². The molecule has 1 saturated heterocycles. The van der Waals surface area contributed by atoms with E-state index in [1.54, 1.807) is 0 Å². The van der Waals surface area contributed by atoms with E-state index in [-0.39, 0.29) is 17.7 Å². The topological polar surface area (TPSA) is 52.6 Å².